The van der Waals surface area contributed by atoms with Crippen molar-refractivity contribution in [1.29, 1.82) is 0 Å². The molecular formula is C15H19NO3. The normalized spacial score (nSPS) is 17.1. The van der Waals surface area contributed by atoms with Gasteiger partial charge in [0.15, 0.2) is 5.78 Å². The second-order valence-corrected chi connectivity index (χ2v) is 4.93. The molecule has 1 aromatic carbocycles. The molecule has 0 spiro atoms. The molecule has 2 rings (SSSR count). The van der Waals surface area contributed by atoms with Crippen molar-refractivity contribution in [1.82, 2.24) is 5.32 Å². The lowest BCUT2D eigenvalue weighted by molar-refractivity contribution is -0.140. The fraction of sp³-hybridized carbons (Fsp3) is 0.467. The van der Waals surface area contributed by atoms with E-state index < -0.39 is 0 Å². The first kappa shape index (κ1) is 13.7. The van der Waals surface area contributed by atoms with Gasteiger partial charge in [-0.15, -0.1) is 0 Å². The summed E-state index contributed by atoms with van der Waals surface area (Å²) < 4.78 is 4.60. The van der Waals surface area contributed by atoms with Gasteiger partial charge in [-0.05, 0) is 37.0 Å². The Morgan fingerprint density at radius 3 is 2.74 bits per heavy atom. The van der Waals surface area contributed by atoms with Gasteiger partial charge >= 0.3 is 5.97 Å². The van der Waals surface area contributed by atoms with Gasteiger partial charge in [0.2, 0.25) is 0 Å². The van der Waals surface area contributed by atoms with Crippen LogP contribution in [-0.4, -0.2) is 31.4 Å². The van der Waals surface area contributed by atoms with Gasteiger partial charge in [0.05, 0.1) is 13.5 Å². The summed E-state index contributed by atoms with van der Waals surface area (Å²) in [5.74, 6) is -0.0909. The van der Waals surface area contributed by atoms with Crippen LogP contribution in [0.4, 0.5) is 0 Å². The number of ketones is 1. The Kier molecular flexibility index (Phi) is 4.32. The summed E-state index contributed by atoms with van der Waals surface area (Å²) in [7, 11) is 1.40. The van der Waals surface area contributed by atoms with Crippen LogP contribution in [0.5, 0.6) is 0 Å². The van der Waals surface area contributed by atoms with E-state index in [0.29, 0.717) is 19.0 Å². The minimum atomic E-state index is -0.193. The number of carbonyl (C=O) groups is 2. The molecule has 0 aliphatic heterocycles. The Morgan fingerprint density at radius 1 is 1.32 bits per heavy atom. The molecule has 102 valence electrons. The molecule has 0 aromatic heterocycles. The van der Waals surface area contributed by atoms with Crippen LogP contribution in [0, 0.1) is 0 Å². The average Bonchev–Trinajstić information content (AvgIpc) is 2.79. The molecule has 1 aromatic rings. The molecule has 0 saturated carbocycles. The molecule has 1 aliphatic carbocycles. The van der Waals surface area contributed by atoms with Crippen molar-refractivity contribution >= 4 is 11.8 Å². The van der Waals surface area contributed by atoms with Gasteiger partial charge in [0, 0.05) is 18.2 Å². The predicted molar refractivity (Wildman–Crippen MR) is 72.3 cm³/mol. The lowest BCUT2D eigenvalue weighted by Crippen LogP contribution is -2.31. The highest BCUT2D eigenvalue weighted by Gasteiger charge is 2.21. The summed E-state index contributed by atoms with van der Waals surface area (Å²) in [5, 5.41) is 3.36. The first-order valence-electron chi connectivity index (χ1n) is 6.53. The van der Waals surface area contributed by atoms with E-state index in [2.05, 4.69) is 10.1 Å². The molecule has 0 radical (unpaired) electrons. The third-order valence-electron chi connectivity index (χ3n) is 3.54. The third kappa shape index (κ3) is 3.41. The number of methoxy groups -OCH3 is 1. The van der Waals surface area contributed by atoms with Gasteiger partial charge in [-0.2, -0.15) is 0 Å². The fourth-order valence-corrected chi connectivity index (χ4v) is 2.46. The van der Waals surface area contributed by atoms with E-state index in [4.69, 9.17) is 0 Å². The van der Waals surface area contributed by atoms with Gasteiger partial charge < -0.3 is 10.1 Å². The summed E-state index contributed by atoms with van der Waals surface area (Å²) >= 11 is 0. The Balaban J connectivity index is 1.89. The predicted octanol–water partition coefficient (Wildman–Crippen LogP) is 1.51. The number of carbonyl (C=O) groups excluding carboxylic acids is 2. The smallest absolute Gasteiger partial charge is 0.306 e. The zero-order valence-corrected chi connectivity index (χ0v) is 11.4. The number of Topliss-reactive ketones (excluding diaryl/α,β-unsaturated/α-hetero) is 1. The van der Waals surface area contributed by atoms with E-state index in [-0.39, 0.29) is 11.8 Å². The van der Waals surface area contributed by atoms with Gasteiger partial charge in [0.25, 0.3) is 0 Å². The summed E-state index contributed by atoms with van der Waals surface area (Å²) in [4.78, 5) is 22.4. The Morgan fingerprint density at radius 2 is 2.05 bits per heavy atom. The van der Waals surface area contributed by atoms with Crippen molar-refractivity contribution in [3.8, 4) is 0 Å². The van der Waals surface area contributed by atoms with E-state index in [1.54, 1.807) is 6.92 Å². The molecule has 1 atom stereocenters. The van der Waals surface area contributed by atoms with E-state index >= 15 is 0 Å². The maximum absolute atomic E-state index is 11.3. The second kappa shape index (κ2) is 5.97. The maximum Gasteiger partial charge on any atom is 0.306 e. The second-order valence-electron chi connectivity index (χ2n) is 4.93. The van der Waals surface area contributed by atoms with Crippen LogP contribution in [0.25, 0.3) is 0 Å². The van der Waals surface area contributed by atoms with Crippen LogP contribution < -0.4 is 5.32 Å². The lowest BCUT2D eigenvalue weighted by atomic mass is 10.0. The van der Waals surface area contributed by atoms with Crippen LogP contribution in [0.2, 0.25) is 0 Å². The SMILES string of the molecule is COC(=O)CCNC1Cc2ccc(C(C)=O)cc2C1. The van der Waals surface area contributed by atoms with Crippen LogP contribution in [0.3, 0.4) is 0 Å². The Labute approximate surface area is 113 Å². The molecule has 0 bridgehead atoms. The number of rotatable bonds is 5. The third-order valence-corrected chi connectivity index (χ3v) is 3.54. The molecule has 0 heterocycles. The maximum atomic E-state index is 11.3. The van der Waals surface area contributed by atoms with Crippen molar-refractivity contribution in [2.45, 2.75) is 32.2 Å². The molecule has 1 unspecified atom stereocenters. The van der Waals surface area contributed by atoms with Crippen LogP contribution in [0.15, 0.2) is 18.2 Å². The van der Waals surface area contributed by atoms with E-state index in [1.807, 2.05) is 18.2 Å². The van der Waals surface area contributed by atoms with Crippen molar-refractivity contribution in [3.05, 3.63) is 34.9 Å². The van der Waals surface area contributed by atoms with Gasteiger partial charge in [-0.1, -0.05) is 12.1 Å². The molecule has 1 N–H and O–H groups in total. The van der Waals surface area contributed by atoms with Crippen molar-refractivity contribution in [2.75, 3.05) is 13.7 Å². The van der Waals surface area contributed by atoms with Crippen LogP contribution >= 0.6 is 0 Å². The molecule has 19 heavy (non-hydrogen) atoms. The van der Waals surface area contributed by atoms with Crippen molar-refractivity contribution < 1.29 is 14.3 Å². The van der Waals surface area contributed by atoms with Gasteiger partial charge in [-0.25, -0.2) is 0 Å². The number of ether oxygens (including phenoxy) is 1. The number of hydrogen-bond acceptors (Lipinski definition) is 4. The van der Waals surface area contributed by atoms with Crippen LogP contribution in [-0.2, 0) is 22.4 Å². The Bertz CT molecular complexity index is 496. The topological polar surface area (TPSA) is 55.4 Å². The number of hydrogen-bond donors (Lipinski definition) is 1. The van der Waals surface area contributed by atoms with E-state index in [9.17, 15) is 9.59 Å². The minimum Gasteiger partial charge on any atom is -0.469 e. The summed E-state index contributed by atoms with van der Waals surface area (Å²) in [6.07, 6.45) is 2.26. The highest BCUT2D eigenvalue weighted by molar-refractivity contribution is 5.94. The largest absolute Gasteiger partial charge is 0.469 e. The molecule has 4 nitrogen and oxygen atoms in total. The minimum absolute atomic E-state index is 0.102. The standard InChI is InChI=1S/C15H19NO3/c1-10(17)11-3-4-12-8-14(9-13(12)7-11)16-6-5-15(18)19-2/h3-4,7,14,16H,5-6,8-9H2,1-2H3. The molecular weight excluding hydrogens is 242 g/mol. The average molecular weight is 261 g/mol. The molecule has 0 amide bonds. The molecule has 4 heteroatoms. The number of benzene rings is 1. The highest BCUT2D eigenvalue weighted by atomic mass is 16.5. The summed E-state index contributed by atoms with van der Waals surface area (Å²) in [6, 6.07) is 6.26. The molecule has 1 aliphatic rings. The van der Waals surface area contributed by atoms with Gasteiger partial charge in [0.1, 0.15) is 0 Å². The fourth-order valence-electron chi connectivity index (χ4n) is 2.46. The van der Waals surface area contributed by atoms with Crippen LogP contribution in [0.1, 0.15) is 34.8 Å². The number of fused-ring (bicyclic) bond motifs is 1. The molecule has 0 fully saturated rings. The lowest BCUT2D eigenvalue weighted by Gasteiger charge is -2.10. The summed E-state index contributed by atoms with van der Waals surface area (Å²) in [5.41, 5.74) is 3.30. The molecule has 0 saturated heterocycles. The van der Waals surface area contributed by atoms with E-state index in [0.717, 1.165) is 18.4 Å². The summed E-state index contributed by atoms with van der Waals surface area (Å²) in [6.45, 7) is 2.22. The Hall–Kier alpha value is -1.68. The quantitative estimate of drug-likeness (QED) is 0.645. The van der Waals surface area contributed by atoms with E-state index in [1.165, 1.54) is 18.2 Å². The van der Waals surface area contributed by atoms with Crippen molar-refractivity contribution in [2.24, 2.45) is 0 Å². The monoisotopic (exact) mass is 261 g/mol. The van der Waals surface area contributed by atoms with Gasteiger partial charge in [-0.3, -0.25) is 9.59 Å². The zero-order valence-electron chi connectivity index (χ0n) is 11.4. The van der Waals surface area contributed by atoms with Crippen molar-refractivity contribution in [3.63, 3.8) is 0 Å². The first-order valence-corrected chi connectivity index (χ1v) is 6.53. The zero-order chi connectivity index (χ0) is 13.8. The number of nitrogens with one attached hydrogen (secondary N) is 1. The highest BCUT2D eigenvalue weighted by Crippen LogP contribution is 2.23. The first-order chi connectivity index (χ1) is 9.10. The number of esters is 1.